The van der Waals surface area contributed by atoms with Crippen LogP contribution in [-0.4, -0.2) is 45.2 Å². The van der Waals surface area contributed by atoms with Crippen LogP contribution in [0.3, 0.4) is 0 Å². The van der Waals surface area contributed by atoms with E-state index in [9.17, 15) is 0 Å². The molecule has 1 aliphatic heterocycles. The van der Waals surface area contributed by atoms with Crippen molar-refractivity contribution in [2.24, 2.45) is 0 Å². The summed E-state index contributed by atoms with van der Waals surface area (Å²) in [4.78, 5) is 12.0. The fourth-order valence-corrected chi connectivity index (χ4v) is 4.76. The molecule has 0 radical (unpaired) electrons. The first-order valence-electron chi connectivity index (χ1n) is 12.2. The zero-order chi connectivity index (χ0) is 25.2. The fourth-order valence-electron chi connectivity index (χ4n) is 4.76. The molecule has 9 heteroatoms. The quantitative estimate of drug-likeness (QED) is 0.334. The highest BCUT2D eigenvalue weighted by atomic mass is 16.5. The lowest BCUT2D eigenvalue weighted by atomic mass is 10.00. The Morgan fingerprint density at radius 3 is 2.68 bits per heavy atom. The van der Waals surface area contributed by atoms with Crippen LogP contribution in [0.1, 0.15) is 22.3 Å². The molecule has 0 bridgehead atoms. The number of ether oxygens (including phenoxy) is 2. The summed E-state index contributed by atoms with van der Waals surface area (Å²) < 4.78 is 18.1. The van der Waals surface area contributed by atoms with Gasteiger partial charge in [-0.1, -0.05) is 30.3 Å². The van der Waals surface area contributed by atoms with Gasteiger partial charge in [-0.25, -0.2) is 9.97 Å². The molecule has 0 atom stereocenters. The van der Waals surface area contributed by atoms with E-state index < -0.39 is 0 Å². The average Bonchev–Trinajstić information content (AvgIpc) is 3.63. The van der Waals surface area contributed by atoms with Crippen molar-refractivity contribution in [3.05, 3.63) is 89.3 Å². The highest BCUT2D eigenvalue weighted by molar-refractivity contribution is 5.58. The van der Waals surface area contributed by atoms with Gasteiger partial charge in [-0.3, -0.25) is 4.90 Å². The van der Waals surface area contributed by atoms with Crippen LogP contribution < -0.4 is 14.8 Å². The number of hydrogen-bond acceptors (Lipinski definition) is 8. The fraction of sp³-hybridized carbons (Fsp3) is 0.250. The van der Waals surface area contributed by atoms with Gasteiger partial charge in [0.05, 0.1) is 20.5 Å². The smallest absolute Gasteiger partial charge is 0.226 e. The van der Waals surface area contributed by atoms with E-state index in [1.807, 2.05) is 36.5 Å². The van der Waals surface area contributed by atoms with E-state index in [-0.39, 0.29) is 0 Å². The van der Waals surface area contributed by atoms with Crippen molar-refractivity contribution >= 4 is 11.6 Å². The van der Waals surface area contributed by atoms with Crippen molar-refractivity contribution in [2.45, 2.75) is 26.1 Å². The molecule has 0 unspecified atom stereocenters. The normalized spacial score (nSPS) is 13.5. The maximum absolute atomic E-state index is 5.58. The second-order valence-electron chi connectivity index (χ2n) is 9.03. The van der Waals surface area contributed by atoms with Crippen LogP contribution in [0.4, 0.5) is 5.95 Å². The largest absolute Gasteiger partial charge is 0.493 e. The Labute approximate surface area is 214 Å². The van der Waals surface area contributed by atoms with E-state index >= 15 is 0 Å². The predicted octanol–water partition coefficient (Wildman–Crippen LogP) is 4.57. The van der Waals surface area contributed by atoms with E-state index in [0.717, 1.165) is 42.8 Å². The number of hydrogen-bond donors (Lipinski definition) is 1. The van der Waals surface area contributed by atoms with Crippen molar-refractivity contribution in [2.75, 3.05) is 26.1 Å². The van der Waals surface area contributed by atoms with Gasteiger partial charge in [0.1, 0.15) is 0 Å². The van der Waals surface area contributed by atoms with E-state index in [1.165, 1.54) is 11.1 Å². The first-order chi connectivity index (χ1) is 18.2. The van der Waals surface area contributed by atoms with Gasteiger partial charge in [0, 0.05) is 37.9 Å². The van der Waals surface area contributed by atoms with E-state index in [1.54, 1.807) is 25.0 Å². The van der Waals surface area contributed by atoms with Gasteiger partial charge in [-0.15, -0.1) is 5.10 Å². The molecule has 5 aromatic rings. The van der Waals surface area contributed by atoms with Crippen LogP contribution in [0, 0.1) is 0 Å². The molecule has 0 saturated carbocycles. The van der Waals surface area contributed by atoms with Crippen molar-refractivity contribution in [3.63, 3.8) is 0 Å². The summed E-state index contributed by atoms with van der Waals surface area (Å²) in [6, 6.07) is 18.2. The molecule has 1 aliphatic rings. The standard InChI is InChI=1S/C28H28N6O3/c1-35-23-10-9-19(14-25(23)36-2)15-29-28-30-16-22(18-33-12-11-20-6-3-4-7-21(20)17-33)27-31-26(32-34(27)28)24-8-5-13-37-24/h3-10,13-14,16H,11-12,15,17-18H2,1-2H3,(H,29,30). The van der Waals surface area contributed by atoms with Gasteiger partial charge < -0.3 is 19.2 Å². The zero-order valence-corrected chi connectivity index (χ0v) is 20.8. The molecular formula is C28H28N6O3. The lowest BCUT2D eigenvalue weighted by Gasteiger charge is -2.28. The van der Waals surface area contributed by atoms with Gasteiger partial charge in [0.15, 0.2) is 22.9 Å². The summed E-state index contributed by atoms with van der Waals surface area (Å²) in [5.74, 6) is 3.11. The highest BCUT2D eigenvalue weighted by Crippen LogP contribution is 2.28. The third-order valence-corrected chi connectivity index (χ3v) is 6.68. The van der Waals surface area contributed by atoms with Crippen LogP contribution in [-0.2, 0) is 26.1 Å². The molecule has 3 aromatic heterocycles. The summed E-state index contributed by atoms with van der Waals surface area (Å²) in [6.07, 6.45) is 4.56. The molecule has 4 heterocycles. The Bertz CT molecular complexity index is 1530. The number of methoxy groups -OCH3 is 2. The van der Waals surface area contributed by atoms with E-state index in [4.69, 9.17) is 29.0 Å². The second-order valence-corrected chi connectivity index (χ2v) is 9.03. The van der Waals surface area contributed by atoms with Gasteiger partial charge >= 0.3 is 0 Å². The number of anilines is 1. The van der Waals surface area contributed by atoms with Crippen LogP contribution in [0.25, 0.3) is 17.2 Å². The number of nitrogens with zero attached hydrogens (tertiary/aromatic N) is 5. The molecular weight excluding hydrogens is 468 g/mol. The molecule has 1 N–H and O–H groups in total. The first-order valence-corrected chi connectivity index (χ1v) is 12.2. The Morgan fingerprint density at radius 1 is 1.00 bits per heavy atom. The Hall–Kier alpha value is -4.37. The number of furan rings is 1. The average molecular weight is 497 g/mol. The van der Waals surface area contributed by atoms with Crippen LogP contribution in [0.15, 0.2) is 71.5 Å². The summed E-state index contributed by atoms with van der Waals surface area (Å²) >= 11 is 0. The second kappa shape index (κ2) is 9.94. The van der Waals surface area contributed by atoms with Gasteiger partial charge in [-0.05, 0) is 47.4 Å². The van der Waals surface area contributed by atoms with Gasteiger partial charge in [0.25, 0.3) is 0 Å². The van der Waals surface area contributed by atoms with Gasteiger partial charge in [0.2, 0.25) is 11.8 Å². The van der Waals surface area contributed by atoms with Crippen LogP contribution in [0.2, 0.25) is 0 Å². The minimum absolute atomic E-state index is 0.525. The van der Waals surface area contributed by atoms with Crippen molar-refractivity contribution < 1.29 is 13.9 Å². The van der Waals surface area contributed by atoms with Crippen molar-refractivity contribution in [1.29, 1.82) is 0 Å². The topological polar surface area (TPSA) is 90.0 Å². The maximum Gasteiger partial charge on any atom is 0.226 e. The minimum Gasteiger partial charge on any atom is -0.493 e. The molecule has 0 fully saturated rings. The molecule has 37 heavy (non-hydrogen) atoms. The molecule has 0 amide bonds. The predicted molar refractivity (Wildman–Crippen MR) is 140 cm³/mol. The van der Waals surface area contributed by atoms with Crippen LogP contribution in [0.5, 0.6) is 11.5 Å². The zero-order valence-electron chi connectivity index (χ0n) is 20.8. The third-order valence-electron chi connectivity index (χ3n) is 6.68. The number of fused-ring (bicyclic) bond motifs is 2. The Kier molecular flexibility index (Phi) is 6.20. The van der Waals surface area contributed by atoms with E-state index in [2.05, 4.69) is 34.5 Å². The first kappa shape index (κ1) is 23.1. The van der Waals surface area contributed by atoms with Crippen molar-refractivity contribution in [3.8, 4) is 23.1 Å². The Balaban J connectivity index is 1.30. The summed E-state index contributed by atoms with van der Waals surface area (Å²) in [5.41, 5.74) is 5.61. The molecule has 188 valence electrons. The van der Waals surface area contributed by atoms with Crippen molar-refractivity contribution in [1.82, 2.24) is 24.5 Å². The molecule has 0 spiro atoms. The minimum atomic E-state index is 0.525. The lowest BCUT2D eigenvalue weighted by Crippen LogP contribution is -2.30. The maximum atomic E-state index is 5.58. The van der Waals surface area contributed by atoms with Gasteiger partial charge in [-0.2, -0.15) is 4.52 Å². The monoisotopic (exact) mass is 496 g/mol. The number of nitrogens with one attached hydrogen (secondary N) is 1. The molecule has 0 saturated heterocycles. The Morgan fingerprint density at radius 2 is 1.86 bits per heavy atom. The van der Waals surface area contributed by atoms with Crippen LogP contribution >= 0.6 is 0 Å². The summed E-state index contributed by atoms with van der Waals surface area (Å²) in [5, 5.41) is 8.15. The highest BCUT2D eigenvalue weighted by Gasteiger charge is 2.20. The number of rotatable bonds is 8. The SMILES string of the molecule is COc1ccc(CNc2ncc(CN3CCc4ccccc4C3)c3nc(-c4ccco4)nn23)cc1OC. The lowest BCUT2D eigenvalue weighted by molar-refractivity contribution is 0.246. The molecule has 0 aliphatic carbocycles. The third kappa shape index (κ3) is 4.61. The molecule has 9 nitrogen and oxygen atoms in total. The van der Waals surface area contributed by atoms with E-state index in [0.29, 0.717) is 35.6 Å². The number of benzene rings is 2. The molecule has 6 rings (SSSR count). The summed E-state index contributed by atoms with van der Waals surface area (Å²) in [7, 11) is 3.26. The number of aromatic nitrogens is 4. The molecule has 2 aromatic carbocycles. The summed E-state index contributed by atoms with van der Waals surface area (Å²) in [6.45, 7) is 3.15.